The zero-order valence-electron chi connectivity index (χ0n) is 23.1. The smallest absolute Gasteiger partial charge is 0.303 e. The van der Waals surface area contributed by atoms with Gasteiger partial charge in [0.05, 0.1) is 0 Å². The molecule has 1 heterocycles. The summed E-state index contributed by atoms with van der Waals surface area (Å²) in [7, 11) is 0. The average Bonchev–Trinajstić information content (AvgIpc) is 3.70. The Morgan fingerprint density at radius 1 is 1.08 bits per heavy atom. The molecule has 204 valence electrons. The molecule has 2 aliphatic carbocycles. The fourth-order valence-electron chi connectivity index (χ4n) is 7.09. The number of likely N-dealkylation sites (tertiary alicyclic amines) is 1. The second-order valence-electron chi connectivity index (χ2n) is 12.3. The topological polar surface area (TPSA) is 70.1 Å². The van der Waals surface area contributed by atoms with Crippen molar-refractivity contribution < 1.29 is 19.4 Å². The largest absolute Gasteiger partial charge is 0.508 e. The number of ether oxygens (including phenoxy) is 1. The van der Waals surface area contributed by atoms with Gasteiger partial charge in [-0.3, -0.25) is 14.5 Å². The molecule has 0 bridgehead atoms. The van der Waals surface area contributed by atoms with Crippen molar-refractivity contribution in [2.75, 3.05) is 26.2 Å². The summed E-state index contributed by atoms with van der Waals surface area (Å²) in [5, 5.41) is 10.5. The molecule has 3 unspecified atom stereocenters. The molecule has 3 aliphatic rings. The minimum atomic E-state index is -0.699. The van der Waals surface area contributed by atoms with E-state index in [1.165, 1.54) is 19.8 Å². The summed E-state index contributed by atoms with van der Waals surface area (Å²) in [5.41, 5.74) is 0.518. The lowest BCUT2D eigenvalue weighted by Crippen LogP contribution is -2.69. The van der Waals surface area contributed by atoms with Crippen LogP contribution in [0.15, 0.2) is 54.6 Å². The van der Waals surface area contributed by atoms with E-state index in [-0.39, 0.29) is 23.7 Å². The highest BCUT2D eigenvalue weighted by molar-refractivity contribution is 5.94. The summed E-state index contributed by atoms with van der Waals surface area (Å²) < 4.78 is 6.40. The number of benzene rings is 2. The highest BCUT2D eigenvalue weighted by Gasteiger charge is 2.61. The van der Waals surface area contributed by atoms with E-state index in [1.807, 2.05) is 42.5 Å². The van der Waals surface area contributed by atoms with Gasteiger partial charge in [0.15, 0.2) is 0 Å². The van der Waals surface area contributed by atoms with E-state index in [0.29, 0.717) is 37.4 Å². The summed E-state index contributed by atoms with van der Waals surface area (Å²) in [6.45, 7) is 9.15. The van der Waals surface area contributed by atoms with Crippen molar-refractivity contribution in [1.29, 1.82) is 0 Å². The number of piperidine rings is 1. The van der Waals surface area contributed by atoms with Crippen molar-refractivity contribution in [3.05, 3.63) is 65.7 Å². The minimum absolute atomic E-state index is 0.00567. The van der Waals surface area contributed by atoms with Gasteiger partial charge in [-0.25, -0.2) is 0 Å². The predicted octanol–water partition coefficient (Wildman–Crippen LogP) is 5.40. The van der Waals surface area contributed by atoms with Gasteiger partial charge >= 0.3 is 5.97 Å². The first-order chi connectivity index (χ1) is 18.2. The third-order valence-electron chi connectivity index (χ3n) is 8.91. The van der Waals surface area contributed by atoms with Crippen LogP contribution >= 0.6 is 0 Å². The fraction of sp³-hybridized carbons (Fsp3) is 0.562. The van der Waals surface area contributed by atoms with Crippen molar-refractivity contribution in [1.82, 2.24) is 9.80 Å². The number of hydrogen-bond acceptors (Lipinski definition) is 5. The lowest BCUT2D eigenvalue weighted by molar-refractivity contribution is -0.189. The van der Waals surface area contributed by atoms with Gasteiger partial charge in [0.2, 0.25) is 0 Å². The maximum absolute atomic E-state index is 13.9. The Hall–Kier alpha value is -2.86. The maximum Gasteiger partial charge on any atom is 0.303 e. The molecule has 0 aromatic heterocycles. The summed E-state index contributed by atoms with van der Waals surface area (Å²) in [5.74, 6) is 1.08. The Balaban J connectivity index is 1.55. The number of carbonyl (C=O) groups excluding carboxylic acids is 2. The lowest BCUT2D eigenvalue weighted by atomic mass is 9.54. The van der Waals surface area contributed by atoms with Gasteiger partial charge in [-0.05, 0) is 86.7 Å². The number of rotatable bonds is 8. The Kier molecular flexibility index (Phi) is 7.54. The molecule has 1 saturated heterocycles. The standard InChI is InChI=1S/C32H42N2O4/c1-23(2)20-34(30(37)26-8-5-4-6-9-26)28-14-15-32(38-24(3)35)22-33(21-25-12-13-25)17-16-31(32,19-28)27-10-7-11-29(36)18-27/h4-11,18,23,25,28,36H,12-17,19-22H2,1-3H3. The van der Waals surface area contributed by atoms with E-state index in [2.05, 4.69) is 29.7 Å². The number of carbonyl (C=O) groups is 2. The summed E-state index contributed by atoms with van der Waals surface area (Å²) in [6.07, 6.45) is 5.54. The number of hydrogen-bond donors (Lipinski definition) is 1. The van der Waals surface area contributed by atoms with E-state index in [9.17, 15) is 14.7 Å². The molecule has 5 rings (SSSR count). The van der Waals surface area contributed by atoms with E-state index >= 15 is 0 Å². The van der Waals surface area contributed by atoms with Crippen LogP contribution in [0.2, 0.25) is 0 Å². The molecular weight excluding hydrogens is 476 g/mol. The molecule has 3 atom stereocenters. The first kappa shape index (κ1) is 26.7. The number of esters is 1. The van der Waals surface area contributed by atoms with Crippen LogP contribution < -0.4 is 0 Å². The quantitative estimate of drug-likeness (QED) is 0.474. The van der Waals surface area contributed by atoms with E-state index in [1.54, 1.807) is 6.07 Å². The Morgan fingerprint density at radius 2 is 1.84 bits per heavy atom. The number of aromatic hydroxyl groups is 1. The van der Waals surface area contributed by atoms with Gasteiger partial charge < -0.3 is 14.7 Å². The summed E-state index contributed by atoms with van der Waals surface area (Å²) in [4.78, 5) is 31.1. The molecule has 2 aromatic carbocycles. The Labute approximate surface area is 227 Å². The first-order valence-corrected chi connectivity index (χ1v) is 14.3. The molecule has 0 radical (unpaired) electrons. The van der Waals surface area contributed by atoms with Gasteiger partial charge in [0.25, 0.3) is 5.91 Å². The molecule has 3 fully saturated rings. The van der Waals surface area contributed by atoms with E-state index in [4.69, 9.17) is 4.74 Å². The zero-order valence-corrected chi connectivity index (χ0v) is 23.1. The third-order valence-corrected chi connectivity index (χ3v) is 8.91. The summed E-state index contributed by atoms with van der Waals surface area (Å²) in [6, 6.07) is 17.1. The SMILES string of the molecule is CC(=O)OC12CCC(N(CC(C)C)C(=O)c3ccccc3)CC1(c1cccc(O)c1)CCN(CC1CC1)C2. The number of amides is 1. The van der Waals surface area contributed by atoms with Gasteiger partial charge in [0.1, 0.15) is 11.4 Å². The number of nitrogens with zero attached hydrogens (tertiary/aromatic N) is 2. The molecule has 38 heavy (non-hydrogen) atoms. The molecule has 1 N–H and O–H groups in total. The number of fused-ring (bicyclic) bond motifs is 1. The second-order valence-corrected chi connectivity index (χ2v) is 12.3. The summed E-state index contributed by atoms with van der Waals surface area (Å²) >= 11 is 0. The highest BCUT2D eigenvalue weighted by Crippen LogP contribution is 2.55. The van der Waals surface area contributed by atoms with Crippen LogP contribution in [0, 0.1) is 11.8 Å². The van der Waals surface area contributed by atoms with Crippen LogP contribution in [0.3, 0.4) is 0 Å². The normalized spacial score (nSPS) is 27.5. The van der Waals surface area contributed by atoms with Crippen LogP contribution in [0.5, 0.6) is 5.75 Å². The molecule has 2 aromatic rings. The van der Waals surface area contributed by atoms with Crippen molar-refractivity contribution in [2.45, 2.75) is 76.4 Å². The Morgan fingerprint density at radius 3 is 2.50 bits per heavy atom. The van der Waals surface area contributed by atoms with Crippen molar-refractivity contribution in [2.24, 2.45) is 11.8 Å². The van der Waals surface area contributed by atoms with Crippen LogP contribution in [-0.2, 0) is 14.9 Å². The molecular formula is C32H42N2O4. The molecule has 6 nitrogen and oxygen atoms in total. The van der Waals surface area contributed by atoms with Crippen LogP contribution in [0.4, 0.5) is 0 Å². The highest BCUT2D eigenvalue weighted by atomic mass is 16.6. The van der Waals surface area contributed by atoms with Gasteiger partial charge in [0, 0.05) is 43.6 Å². The van der Waals surface area contributed by atoms with Crippen molar-refractivity contribution in [3.63, 3.8) is 0 Å². The molecule has 2 saturated carbocycles. The third kappa shape index (κ3) is 5.33. The second kappa shape index (κ2) is 10.7. The monoisotopic (exact) mass is 518 g/mol. The average molecular weight is 519 g/mol. The molecule has 1 amide bonds. The van der Waals surface area contributed by atoms with E-state index in [0.717, 1.165) is 37.4 Å². The van der Waals surface area contributed by atoms with Crippen LogP contribution in [0.25, 0.3) is 0 Å². The number of phenols is 1. The van der Waals surface area contributed by atoms with Crippen LogP contribution in [0.1, 0.15) is 75.2 Å². The zero-order chi connectivity index (χ0) is 26.9. The lowest BCUT2D eigenvalue weighted by Gasteiger charge is -2.60. The van der Waals surface area contributed by atoms with E-state index < -0.39 is 11.0 Å². The van der Waals surface area contributed by atoms with Crippen LogP contribution in [-0.4, -0.2) is 64.6 Å². The molecule has 6 heteroatoms. The minimum Gasteiger partial charge on any atom is -0.508 e. The van der Waals surface area contributed by atoms with Crippen molar-refractivity contribution >= 4 is 11.9 Å². The molecule has 1 aliphatic heterocycles. The fourth-order valence-corrected chi connectivity index (χ4v) is 7.09. The molecule has 0 spiro atoms. The Bertz CT molecular complexity index is 1150. The van der Waals surface area contributed by atoms with Gasteiger partial charge in [-0.15, -0.1) is 0 Å². The van der Waals surface area contributed by atoms with Gasteiger partial charge in [-0.2, -0.15) is 0 Å². The maximum atomic E-state index is 13.9. The van der Waals surface area contributed by atoms with Crippen molar-refractivity contribution in [3.8, 4) is 5.75 Å². The predicted molar refractivity (Wildman–Crippen MR) is 148 cm³/mol. The first-order valence-electron chi connectivity index (χ1n) is 14.3. The number of phenolic OH excluding ortho intramolecular Hbond substituents is 1. The van der Waals surface area contributed by atoms with Gasteiger partial charge in [-0.1, -0.05) is 44.2 Å².